The normalized spacial score (nSPS) is 16.4. The fourth-order valence-corrected chi connectivity index (χ4v) is 4.50. The zero-order valence-corrected chi connectivity index (χ0v) is 14.2. The average molecular weight is 359 g/mol. The second kappa shape index (κ2) is 6.05. The number of hydrogen-bond donors (Lipinski definition) is 1. The number of nitrogens with zero attached hydrogens (tertiary/aromatic N) is 2. The van der Waals surface area contributed by atoms with Gasteiger partial charge in [0.25, 0.3) is 0 Å². The molecule has 8 heteroatoms. The van der Waals surface area contributed by atoms with Gasteiger partial charge in [0.2, 0.25) is 10.0 Å². The largest absolute Gasteiger partial charge is 0.417 e. The maximum absolute atomic E-state index is 12.7. The Balaban J connectivity index is 1.51. The van der Waals surface area contributed by atoms with E-state index in [1.54, 1.807) is 42.5 Å². The van der Waals surface area contributed by atoms with Gasteiger partial charge in [-0.2, -0.15) is 4.31 Å². The van der Waals surface area contributed by atoms with Crippen LogP contribution in [0.4, 0.5) is 5.69 Å². The predicted octanol–water partition coefficient (Wildman–Crippen LogP) is 1.63. The van der Waals surface area contributed by atoms with Crippen LogP contribution < -0.4 is 10.7 Å². The Labute approximate surface area is 144 Å². The van der Waals surface area contributed by atoms with Gasteiger partial charge in [-0.05, 0) is 24.3 Å². The first-order chi connectivity index (χ1) is 12.0. The summed E-state index contributed by atoms with van der Waals surface area (Å²) in [6, 6.07) is 14.0. The molecule has 1 aliphatic heterocycles. The van der Waals surface area contributed by atoms with E-state index in [1.807, 2.05) is 6.07 Å². The first-order valence-corrected chi connectivity index (χ1v) is 9.41. The van der Waals surface area contributed by atoms with E-state index >= 15 is 0 Å². The van der Waals surface area contributed by atoms with E-state index in [9.17, 15) is 13.2 Å². The number of nitrogens with one attached hydrogen (secondary N) is 1. The molecule has 1 aromatic heterocycles. The Morgan fingerprint density at radius 1 is 0.960 bits per heavy atom. The van der Waals surface area contributed by atoms with Gasteiger partial charge in [0, 0.05) is 37.9 Å². The molecule has 0 spiro atoms. The molecule has 0 radical (unpaired) electrons. The SMILES string of the molecule is O=c1[nH]c2ccc(N3CCN(S(=O)(=O)c4ccccc4)CC3)cc2o1. The van der Waals surface area contributed by atoms with Crippen molar-refractivity contribution in [1.82, 2.24) is 9.29 Å². The van der Waals surface area contributed by atoms with Crippen molar-refractivity contribution in [1.29, 1.82) is 0 Å². The smallest absolute Gasteiger partial charge is 0.408 e. The van der Waals surface area contributed by atoms with Crippen LogP contribution in [0.5, 0.6) is 0 Å². The van der Waals surface area contributed by atoms with Gasteiger partial charge in [0.15, 0.2) is 5.58 Å². The second-order valence-electron chi connectivity index (χ2n) is 5.90. The molecule has 0 unspecified atom stereocenters. The number of benzene rings is 2. The van der Waals surface area contributed by atoms with Gasteiger partial charge >= 0.3 is 5.76 Å². The fraction of sp³-hybridized carbons (Fsp3) is 0.235. The summed E-state index contributed by atoms with van der Waals surface area (Å²) in [5.74, 6) is -0.481. The lowest BCUT2D eigenvalue weighted by Gasteiger charge is -2.35. The summed E-state index contributed by atoms with van der Waals surface area (Å²) in [5.41, 5.74) is 2.06. The highest BCUT2D eigenvalue weighted by molar-refractivity contribution is 7.89. The zero-order chi connectivity index (χ0) is 17.4. The van der Waals surface area contributed by atoms with Crippen molar-refractivity contribution in [2.24, 2.45) is 0 Å². The monoisotopic (exact) mass is 359 g/mol. The van der Waals surface area contributed by atoms with Gasteiger partial charge in [-0.25, -0.2) is 13.2 Å². The molecule has 0 amide bonds. The molecule has 1 aliphatic rings. The van der Waals surface area contributed by atoms with Crippen molar-refractivity contribution < 1.29 is 12.8 Å². The van der Waals surface area contributed by atoms with Gasteiger partial charge < -0.3 is 9.32 Å². The minimum atomic E-state index is -3.46. The Hall–Kier alpha value is -2.58. The molecule has 7 nitrogen and oxygen atoms in total. The highest BCUT2D eigenvalue weighted by Gasteiger charge is 2.28. The number of sulfonamides is 1. The molecule has 2 heterocycles. The number of hydrogen-bond acceptors (Lipinski definition) is 5. The molecule has 25 heavy (non-hydrogen) atoms. The number of rotatable bonds is 3. The number of fused-ring (bicyclic) bond motifs is 1. The Bertz CT molecular complexity index is 1050. The third-order valence-corrected chi connectivity index (χ3v) is 6.30. The van der Waals surface area contributed by atoms with Gasteiger partial charge in [0.1, 0.15) is 0 Å². The fourth-order valence-electron chi connectivity index (χ4n) is 3.06. The maximum Gasteiger partial charge on any atom is 0.417 e. The number of aromatic nitrogens is 1. The van der Waals surface area contributed by atoms with Crippen molar-refractivity contribution in [3.63, 3.8) is 0 Å². The zero-order valence-electron chi connectivity index (χ0n) is 13.4. The quantitative estimate of drug-likeness (QED) is 0.768. The summed E-state index contributed by atoms with van der Waals surface area (Å²) in [5, 5.41) is 0. The van der Waals surface area contributed by atoms with Crippen LogP contribution in [0, 0.1) is 0 Å². The molecule has 0 bridgehead atoms. The van der Waals surface area contributed by atoms with Crippen molar-refractivity contribution >= 4 is 26.8 Å². The number of piperazine rings is 1. The van der Waals surface area contributed by atoms with E-state index in [4.69, 9.17) is 4.42 Å². The molecule has 1 fully saturated rings. The van der Waals surface area contributed by atoms with Gasteiger partial charge in [-0.1, -0.05) is 18.2 Å². The lowest BCUT2D eigenvalue weighted by Crippen LogP contribution is -2.48. The molecule has 0 saturated carbocycles. The first-order valence-electron chi connectivity index (χ1n) is 7.97. The van der Waals surface area contributed by atoms with Crippen LogP contribution in [0.2, 0.25) is 0 Å². The van der Waals surface area contributed by atoms with E-state index in [-0.39, 0.29) is 0 Å². The molecule has 4 rings (SSSR count). The molecule has 3 aromatic rings. The van der Waals surface area contributed by atoms with Crippen LogP contribution in [0.3, 0.4) is 0 Å². The van der Waals surface area contributed by atoms with Crippen molar-refractivity contribution in [2.45, 2.75) is 4.90 Å². The van der Waals surface area contributed by atoms with Gasteiger partial charge in [-0.15, -0.1) is 0 Å². The number of oxazole rings is 1. The molecular weight excluding hydrogens is 342 g/mol. The summed E-state index contributed by atoms with van der Waals surface area (Å²) in [4.78, 5) is 16.3. The lowest BCUT2D eigenvalue weighted by atomic mass is 10.2. The van der Waals surface area contributed by atoms with E-state index in [1.165, 1.54) is 4.31 Å². The predicted molar refractivity (Wildman–Crippen MR) is 94.2 cm³/mol. The Morgan fingerprint density at radius 2 is 1.68 bits per heavy atom. The van der Waals surface area contributed by atoms with Crippen LogP contribution in [0.1, 0.15) is 0 Å². The van der Waals surface area contributed by atoms with E-state index in [2.05, 4.69) is 9.88 Å². The molecule has 1 N–H and O–H groups in total. The van der Waals surface area contributed by atoms with Crippen molar-refractivity contribution in [3.8, 4) is 0 Å². The molecule has 2 aromatic carbocycles. The highest BCUT2D eigenvalue weighted by Crippen LogP contribution is 2.23. The van der Waals surface area contributed by atoms with Crippen LogP contribution in [0.25, 0.3) is 11.1 Å². The van der Waals surface area contributed by atoms with Gasteiger partial charge in [0.05, 0.1) is 10.4 Å². The molecular formula is C17H17N3O4S. The van der Waals surface area contributed by atoms with Crippen LogP contribution >= 0.6 is 0 Å². The summed E-state index contributed by atoms with van der Waals surface area (Å²) in [6.07, 6.45) is 0. The lowest BCUT2D eigenvalue weighted by molar-refractivity contribution is 0.385. The third kappa shape index (κ3) is 2.94. The number of anilines is 1. The molecule has 0 atom stereocenters. The summed E-state index contributed by atoms with van der Waals surface area (Å²) in [6.45, 7) is 1.97. The maximum atomic E-state index is 12.7. The van der Waals surface area contributed by atoms with Gasteiger partial charge in [-0.3, -0.25) is 4.98 Å². The first kappa shape index (κ1) is 15.9. The standard InChI is InChI=1S/C17H17N3O4S/c21-17-18-15-7-6-13(12-16(15)24-17)19-8-10-20(11-9-19)25(22,23)14-4-2-1-3-5-14/h1-7,12H,8-11H2,(H,18,21). The molecule has 1 saturated heterocycles. The Kier molecular flexibility index (Phi) is 3.85. The van der Waals surface area contributed by atoms with Crippen molar-refractivity contribution in [3.05, 3.63) is 59.1 Å². The van der Waals surface area contributed by atoms with E-state index in [0.29, 0.717) is 42.2 Å². The summed E-state index contributed by atoms with van der Waals surface area (Å²) in [7, 11) is -3.46. The second-order valence-corrected chi connectivity index (χ2v) is 7.84. The van der Waals surface area contributed by atoms with Crippen LogP contribution in [-0.2, 0) is 10.0 Å². The van der Waals surface area contributed by atoms with Crippen LogP contribution in [-0.4, -0.2) is 43.9 Å². The van der Waals surface area contributed by atoms with Crippen molar-refractivity contribution in [2.75, 3.05) is 31.1 Å². The average Bonchev–Trinajstić information content (AvgIpc) is 3.01. The minimum absolute atomic E-state index is 0.318. The minimum Gasteiger partial charge on any atom is -0.408 e. The highest BCUT2D eigenvalue weighted by atomic mass is 32.2. The Morgan fingerprint density at radius 3 is 2.40 bits per heavy atom. The molecule has 130 valence electrons. The number of aromatic amines is 1. The number of H-pyrrole nitrogens is 1. The molecule has 0 aliphatic carbocycles. The van der Waals surface area contributed by atoms with E-state index in [0.717, 1.165) is 5.69 Å². The summed E-state index contributed by atoms with van der Waals surface area (Å²) < 4.78 is 31.9. The topological polar surface area (TPSA) is 86.6 Å². The third-order valence-electron chi connectivity index (χ3n) is 4.39. The van der Waals surface area contributed by atoms with E-state index < -0.39 is 15.8 Å². The van der Waals surface area contributed by atoms with Crippen LogP contribution in [0.15, 0.2) is 62.6 Å². The summed E-state index contributed by atoms with van der Waals surface area (Å²) >= 11 is 0.